The summed E-state index contributed by atoms with van der Waals surface area (Å²) in [6.07, 6.45) is 0. The van der Waals surface area contributed by atoms with Gasteiger partial charge >= 0.3 is 0 Å². The topological polar surface area (TPSA) is 9.23 Å². The Morgan fingerprint density at radius 1 is 0.850 bits per heavy atom. The van der Waals surface area contributed by atoms with Crippen molar-refractivity contribution in [2.45, 2.75) is 46.6 Å². The molecule has 0 bridgehead atoms. The summed E-state index contributed by atoms with van der Waals surface area (Å²) in [6.45, 7) is 11.5. The van der Waals surface area contributed by atoms with Crippen molar-refractivity contribution >= 4 is 0 Å². The number of hydrogen-bond acceptors (Lipinski definition) is 1. The molecule has 1 nitrogen and oxygen atoms in total. The first-order chi connectivity index (χ1) is 9.39. The molecule has 106 valence electrons. The van der Waals surface area contributed by atoms with Crippen LogP contribution in [0.3, 0.4) is 0 Å². The lowest BCUT2D eigenvalue weighted by Crippen LogP contribution is -2.15. The van der Waals surface area contributed by atoms with Crippen LogP contribution >= 0.6 is 0 Å². The lowest BCUT2D eigenvalue weighted by Gasteiger charge is -2.23. The summed E-state index contributed by atoms with van der Waals surface area (Å²) in [7, 11) is 0. The Labute approximate surface area is 122 Å². The Kier molecular flexibility index (Phi) is 4.17. The van der Waals surface area contributed by atoms with Crippen LogP contribution in [0.25, 0.3) is 0 Å². The Morgan fingerprint density at radius 2 is 1.45 bits per heavy atom. The van der Waals surface area contributed by atoms with Crippen LogP contribution in [-0.2, 0) is 12.0 Å². The molecule has 1 heteroatoms. The summed E-state index contributed by atoms with van der Waals surface area (Å²) in [5.74, 6) is 1.01. The largest absolute Gasteiger partial charge is 0.488 e. The zero-order valence-corrected chi connectivity index (χ0v) is 13.2. The zero-order valence-electron chi connectivity index (χ0n) is 13.2. The number of hydrogen-bond donors (Lipinski definition) is 0. The molecule has 0 atom stereocenters. The van der Waals surface area contributed by atoms with E-state index in [0.717, 1.165) is 5.75 Å². The molecule has 0 unspecified atom stereocenters. The fraction of sp³-hybridized carbons (Fsp3) is 0.368. The quantitative estimate of drug-likeness (QED) is 0.745. The summed E-state index contributed by atoms with van der Waals surface area (Å²) in [5, 5.41) is 0. The van der Waals surface area contributed by atoms with Crippen LogP contribution < -0.4 is 4.74 Å². The van der Waals surface area contributed by atoms with Crippen LogP contribution in [-0.4, -0.2) is 0 Å². The molecule has 2 rings (SSSR count). The highest BCUT2D eigenvalue weighted by Gasteiger charge is 2.17. The minimum absolute atomic E-state index is 0.140. The smallest absolute Gasteiger partial charge is 0.125 e. The van der Waals surface area contributed by atoms with E-state index in [1.165, 1.54) is 22.3 Å². The maximum atomic E-state index is 6.09. The van der Waals surface area contributed by atoms with Crippen molar-refractivity contribution in [3.63, 3.8) is 0 Å². The van der Waals surface area contributed by atoms with E-state index >= 15 is 0 Å². The molecule has 0 aliphatic carbocycles. The molecule has 0 aliphatic rings. The van der Waals surface area contributed by atoms with E-state index in [1.807, 2.05) is 0 Å². The Balaban J connectivity index is 2.24. The maximum Gasteiger partial charge on any atom is 0.125 e. The molecular formula is C19H24O. The fourth-order valence-corrected chi connectivity index (χ4v) is 2.55. The van der Waals surface area contributed by atoms with Gasteiger partial charge in [-0.05, 0) is 41.5 Å². The monoisotopic (exact) mass is 268 g/mol. The molecule has 0 saturated heterocycles. The van der Waals surface area contributed by atoms with Gasteiger partial charge in [0.1, 0.15) is 12.4 Å². The first kappa shape index (κ1) is 14.6. The zero-order chi connectivity index (χ0) is 14.8. The third kappa shape index (κ3) is 3.22. The van der Waals surface area contributed by atoms with Gasteiger partial charge in [-0.2, -0.15) is 0 Å². The van der Waals surface area contributed by atoms with Gasteiger partial charge in [0, 0.05) is 0 Å². The van der Waals surface area contributed by atoms with Crippen molar-refractivity contribution < 1.29 is 4.74 Å². The van der Waals surface area contributed by atoms with E-state index < -0.39 is 0 Å². The van der Waals surface area contributed by atoms with E-state index in [0.29, 0.717) is 6.61 Å². The highest BCUT2D eigenvalue weighted by molar-refractivity contribution is 5.40. The average Bonchev–Trinajstić information content (AvgIpc) is 2.37. The van der Waals surface area contributed by atoms with Gasteiger partial charge in [-0.3, -0.25) is 0 Å². The van der Waals surface area contributed by atoms with Crippen molar-refractivity contribution in [1.82, 2.24) is 0 Å². The predicted octanol–water partition coefficient (Wildman–Crippen LogP) is 5.18. The maximum absolute atomic E-state index is 6.09. The Hall–Kier alpha value is -1.76. The van der Waals surface area contributed by atoms with Crippen LogP contribution in [0.4, 0.5) is 0 Å². The normalized spacial score (nSPS) is 11.4. The number of aryl methyl sites for hydroxylation is 2. The van der Waals surface area contributed by atoms with E-state index in [-0.39, 0.29) is 5.41 Å². The molecule has 0 aromatic heterocycles. The third-order valence-electron chi connectivity index (χ3n) is 3.61. The second-order valence-corrected chi connectivity index (χ2v) is 6.42. The summed E-state index contributed by atoms with van der Waals surface area (Å²) in [5.41, 5.74) is 5.14. The highest BCUT2D eigenvalue weighted by atomic mass is 16.5. The fourth-order valence-electron chi connectivity index (χ4n) is 2.55. The van der Waals surface area contributed by atoms with Gasteiger partial charge in [0.15, 0.2) is 0 Å². The molecule has 0 fully saturated rings. The summed E-state index contributed by atoms with van der Waals surface area (Å²) < 4.78 is 6.09. The van der Waals surface area contributed by atoms with Crippen molar-refractivity contribution in [3.05, 3.63) is 64.7 Å². The Bertz CT molecular complexity index is 571. The van der Waals surface area contributed by atoms with Crippen LogP contribution in [0.15, 0.2) is 42.5 Å². The second-order valence-electron chi connectivity index (χ2n) is 6.42. The molecule has 0 saturated carbocycles. The van der Waals surface area contributed by atoms with Crippen LogP contribution in [0.2, 0.25) is 0 Å². The average molecular weight is 268 g/mol. The van der Waals surface area contributed by atoms with Crippen LogP contribution in [0.5, 0.6) is 5.75 Å². The summed E-state index contributed by atoms with van der Waals surface area (Å²) in [6, 6.07) is 14.8. The number of ether oxygens (including phenoxy) is 1. The summed E-state index contributed by atoms with van der Waals surface area (Å²) >= 11 is 0. The minimum atomic E-state index is 0.140. The molecule has 0 heterocycles. The first-order valence-electron chi connectivity index (χ1n) is 7.17. The third-order valence-corrected chi connectivity index (χ3v) is 3.61. The van der Waals surface area contributed by atoms with Crippen molar-refractivity contribution in [2.75, 3.05) is 0 Å². The van der Waals surface area contributed by atoms with Crippen LogP contribution in [0.1, 0.15) is 43.0 Å². The molecule has 0 amide bonds. The minimum Gasteiger partial charge on any atom is -0.488 e. The van der Waals surface area contributed by atoms with Gasteiger partial charge in [-0.1, -0.05) is 63.2 Å². The number of para-hydroxylation sites is 1. The van der Waals surface area contributed by atoms with Gasteiger partial charge in [-0.15, -0.1) is 0 Å². The number of rotatable bonds is 3. The molecule has 2 aromatic carbocycles. The van der Waals surface area contributed by atoms with E-state index in [4.69, 9.17) is 4.74 Å². The Morgan fingerprint density at radius 3 is 2.05 bits per heavy atom. The van der Waals surface area contributed by atoms with Gasteiger partial charge < -0.3 is 4.74 Å². The predicted molar refractivity (Wildman–Crippen MR) is 85.4 cm³/mol. The summed E-state index contributed by atoms with van der Waals surface area (Å²) in [4.78, 5) is 0. The van der Waals surface area contributed by atoms with Crippen molar-refractivity contribution in [2.24, 2.45) is 0 Å². The van der Waals surface area contributed by atoms with Crippen LogP contribution in [0, 0.1) is 13.8 Å². The van der Waals surface area contributed by atoms with E-state index in [1.54, 1.807) is 0 Å². The standard InChI is InChI=1S/C19H24O/c1-14-9-8-10-15(2)18(14)20-13-16-11-6-7-12-17(16)19(3,4)5/h6-12H,13H2,1-5H3. The molecule has 2 aromatic rings. The molecular weight excluding hydrogens is 244 g/mol. The van der Waals surface area contributed by atoms with Gasteiger partial charge in [0.05, 0.1) is 0 Å². The highest BCUT2D eigenvalue weighted by Crippen LogP contribution is 2.28. The van der Waals surface area contributed by atoms with Gasteiger partial charge in [0.2, 0.25) is 0 Å². The lowest BCUT2D eigenvalue weighted by molar-refractivity contribution is 0.298. The van der Waals surface area contributed by atoms with E-state index in [2.05, 4.69) is 77.1 Å². The molecule has 0 aliphatic heterocycles. The SMILES string of the molecule is Cc1cccc(C)c1OCc1ccccc1C(C)(C)C. The van der Waals surface area contributed by atoms with Crippen molar-refractivity contribution in [1.29, 1.82) is 0 Å². The van der Waals surface area contributed by atoms with Gasteiger partial charge in [-0.25, -0.2) is 0 Å². The van der Waals surface area contributed by atoms with Crippen molar-refractivity contribution in [3.8, 4) is 5.75 Å². The molecule has 0 N–H and O–H groups in total. The first-order valence-corrected chi connectivity index (χ1v) is 7.17. The molecule has 20 heavy (non-hydrogen) atoms. The van der Waals surface area contributed by atoms with Gasteiger partial charge in [0.25, 0.3) is 0 Å². The van der Waals surface area contributed by atoms with E-state index in [9.17, 15) is 0 Å². The molecule has 0 spiro atoms. The second kappa shape index (κ2) is 5.70. The lowest BCUT2D eigenvalue weighted by atomic mass is 9.84. The molecule has 0 radical (unpaired) electrons. The number of benzene rings is 2.